The number of nitrogens with one attached hydrogen (secondary N) is 1. The number of ether oxygens (including phenoxy) is 1. The molecule has 1 aromatic carbocycles. The molecular formula is C8H8N4O4S. The Balaban J connectivity index is 2.96. The van der Waals surface area contributed by atoms with Crippen LogP contribution in [-0.2, 0) is 14.8 Å². The number of benzene rings is 1. The Labute approximate surface area is 96.9 Å². The average Bonchev–Trinajstić information content (AvgIpc) is 2.29. The van der Waals surface area contributed by atoms with Gasteiger partial charge in [0.05, 0.1) is 12.0 Å². The molecule has 8 nitrogen and oxygen atoms in total. The van der Waals surface area contributed by atoms with E-state index in [1.807, 2.05) is 0 Å². The Morgan fingerprint density at radius 1 is 1.41 bits per heavy atom. The molecule has 0 spiro atoms. The van der Waals surface area contributed by atoms with Gasteiger partial charge in [0.15, 0.2) is 0 Å². The van der Waals surface area contributed by atoms with Crippen molar-refractivity contribution >= 4 is 21.8 Å². The zero-order valence-electron chi connectivity index (χ0n) is 8.69. The summed E-state index contributed by atoms with van der Waals surface area (Å²) in [7, 11) is -2.79. The third kappa shape index (κ3) is 3.37. The van der Waals surface area contributed by atoms with Gasteiger partial charge in [0.1, 0.15) is 0 Å². The molecular weight excluding hydrogens is 248 g/mol. The monoisotopic (exact) mass is 256 g/mol. The van der Waals surface area contributed by atoms with Crippen LogP contribution in [0.3, 0.4) is 0 Å². The number of amides is 1. The van der Waals surface area contributed by atoms with Gasteiger partial charge in [-0.05, 0) is 29.8 Å². The first-order valence-electron chi connectivity index (χ1n) is 4.26. The summed E-state index contributed by atoms with van der Waals surface area (Å²) in [5.74, 6) is 0. The molecule has 0 radical (unpaired) electrons. The van der Waals surface area contributed by atoms with Gasteiger partial charge in [0.2, 0.25) is 0 Å². The highest BCUT2D eigenvalue weighted by Gasteiger charge is 2.11. The number of hydrogen-bond acceptors (Lipinski definition) is 4. The molecule has 0 unspecified atom stereocenters. The predicted octanol–water partition coefficient (Wildman–Crippen LogP) is 1.86. The summed E-state index contributed by atoms with van der Waals surface area (Å²) < 4.78 is 29.6. The normalized spacial score (nSPS) is 10.2. The van der Waals surface area contributed by atoms with Crippen molar-refractivity contribution < 1.29 is 17.9 Å². The summed E-state index contributed by atoms with van der Waals surface area (Å²) in [5, 5.41) is 2.34. The first kappa shape index (κ1) is 12.8. The van der Waals surface area contributed by atoms with E-state index in [0.717, 1.165) is 0 Å². The van der Waals surface area contributed by atoms with E-state index in [9.17, 15) is 13.2 Å². The lowest BCUT2D eigenvalue weighted by molar-refractivity contribution is 0.187. The Morgan fingerprint density at radius 3 is 2.47 bits per heavy atom. The maximum absolute atomic E-state index is 11.3. The van der Waals surface area contributed by atoms with E-state index in [4.69, 9.17) is 5.53 Å². The number of carbonyl (C=O) groups excluding carboxylic acids is 1. The highest BCUT2D eigenvalue weighted by molar-refractivity contribution is 7.90. The number of azide groups is 1. The topological polar surface area (TPSA) is 121 Å². The van der Waals surface area contributed by atoms with E-state index >= 15 is 0 Å². The number of hydrogen-bond donors (Lipinski definition) is 1. The molecule has 90 valence electrons. The summed E-state index contributed by atoms with van der Waals surface area (Å²) >= 11 is 0. The SMILES string of the molecule is COC(=O)Nc1ccc(S(=O)(=O)N=[N+]=[N-])cc1. The van der Waals surface area contributed by atoms with Gasteiger partial charge in [-0.1, -0.05) is 0 Å². The zero-order chi connectivity index (χ0) is 12.9. The van der Waals surface area contributed by atoms with Crippen molar-refractivity contribution in [2.24, 2.45) is 4.52 Å². The van der Waals surface area contributed by atoms with E-state index in [-0.39, 0.29) is 4.90 Å². The second kappa shape index (κ2) is 5.19. The second-order valence-corrected chi connectivity index (χ2v) is 4.37. The van der Waals surface area contributed by atoms with Crippen LogP contribution in [0.15, 0.2) is 33.7 Å². The number of nitrogens with zero attached hydrogens (tertiary/aromatic N) is 3. The van der Waals surface area contributed by atoms with Crippen LogP contribution in [0.25, 0.3) is 10.4 Å². The molecule has 0 aliphatic carbocycles. The lowest BCUT2D eigenvalue weighted by atomic mass is 10.3. The van der Waals surface area contributed by atoms with Crippen LogP contribution in [0.2, 0.25) is 0 Å². The largest absolute Gasteiger partial charge is 0.453 e. The number of anilines is 1. The molecule has 0 bridgehead atoms. The smallest absolute Gasteiger partial charge is 0.411 e. The third-order valence-electron chi connectivity index (χ3n) is 1.73. The van der Waals surface area contributed by atoms with Crippen molar-refractivity contribution in [1.82, 2.24) is 0 Å². The fourth-order valence-electron chi connectivity index (χ4n) is 0.974. The quantitative estimate of drug-likeness (QED) is 0.503. The van der Waals surface area contributed by atoms with E-state index in [1.54, 1.807) is 0 Å². The first-order chi connectivity index (χ1) is 7.99. The number of methoxy groups -OCH3 is 1. The third-order valence-corrected chi connectivity index (χ3v) is 2.88. The van der Waals surface area contributed by atoms with Crippen LogP contribution < -0.4 is 5.32 Å². The van der Waals surface area contributed by atoms with Crippen molar-refractivity contribution in [1.29, 1.82) is 0 Å². The molecule has 1 aromatic rings. The first-order valence-corrected chi connectivity index (χ1v) is 5.70. The molecule has 0 fully saturated rings. The summed E-state index contributed by atoms with van der Waals surface area (Å²) in [6.07, 6.45) is -0.671. The molecule has 0 saturated carbocycles. The van der Waals surface area contributed by atoms with Crippen LogP contribution >= 0.6 is 0 Å². The molecule has 0 heterocycles. The minimum Gasteiger partial charge on any atom is -0.453 e. The zero-order valence-corrected chi connectivity index (χ0v) is 9.51. The summed E-state index contributed by atoms with van der Waals surface area (Å²) in [4.78, 5) is 12.9. The second-order valence-electron chi connectivity index (χ2n) is 2.79. The summed E-state index contributed by atoms with van der Waals surface area (Å²) in [5.41, 5.74) is 8.43. The Kier molecular flexibility index (Phi) is 3.91. The fraction of sp³-hybridized carbons (Fsp3) is 0.125. The van der Waals surface area contributed by atoms with Crippen LogP contribution in [0, 0.1) is 0 Å². The molecule has 1 rings (SSSR count). The Morgan fingerprint density at radius 2 is 2.00 bits per heavy atom. The minimum atomic E-state index is -4.00. The lowest BCUT2D eigenvalue weighted by Gasteiger charge is -2.03. The van der Waals surface area contributed by atoms with Gasteiger partial charge in [0.25, 0.3) is 10.0 Å². The molecule has 17 heavy (non-hydrogen) atoms. The van der Waals surface area contributed by atoms with Gasteiger partial charge in [-0.2, -0.15) is 0 Å². The highest BCUT2D eigenvalue weighted by atomic mass is 32.2. The highest BCUT2D eigenvalue weighted by Crippen LogP contribution is 2.16. The van der Waals surface area contributed by atoms with Crippen molar-refractivity contribution in [3.05, 3.63) is 34.7 Å². The number of carbonyl (C=O) groups is 1. The van der Waals surface area contributed by atoms with Crippen LogP contribution in [-0.4, -0.2) is 21.6 Å². The number of sulfonamides is 1. The van der Waals surface area contributed by atoms with Crippen molar-refractivity contribution in [2.75, 3.05) is 12.4 Å². The maximum atomic E-state index is 11.3. The molecule has 0 aliphatic heterocycles. The average molecular weight is 256 g/mol. The Hall–Kier alpha value is -2.25. The molecule has 0 aromatic heterocycles. The van der Waals surface area contributed by atoms with Crippen LogP contribution in [0.5, 0.6) is 0 Å². The molecule has 1 N–H and O–H groups in total. The minimum absolute atomic E-state index is 0.161. The lowest BCUT2D eigenvalue weighted by Crippen LogP contribution is -2.10. The predicted molar refractivity (Wildman–Crippen MR) is 58.8 cm³/mol. The standard InChI is InChI=1S/C8H8N4O4S/c1-16-8(13)10-6-2-4-7(5-3-6)17(14,15)12-11-9/h2-5H,1H3,(H,10,13). The molecule has 9 heteroatoms. The number of rotatable bonds is 3. The van der Waals surface area contributed by atoms with Gasteiger partial charge in [-0.25, -0.2) is 13.2 Å². The molecule has 0 saturated heterocycles. The fourth-order valence-corrected chi connectivity index (χ4v) is 1.64. The van der Waals surface area contributed by atoms with Crippen molar-refractivity contribution in [3.63, 3.8) is 0 Å². The molecule has 0 atom stereocenters. The van der Waals surface area contributed by atoms with Gasteiger partial charge >= 0.3 is 6.09 Å². The molecule has 0 aliphatic rings. The van der Waals surface area contributed by atoms with E-state index in [0.29, 0.717) is 5.69 Å². The van der Waals surface area contributed by atoms with Gasteiger partial charge in [-0.15, -0.1) is 0 Å². The van der Waals surface area contributed by atoms with E-state index < -0.39 is 16.1 Å². The van der Waals surface area contributed by atoms with E-state index in [1.165, 1.54) is 31.4 Å². The van der Waals surface area contributed by atoms with E-state index in [2.05, 4.69) is 19.5 Å². The maximum Gasteiger partial charge on any atom is 0.411 e. The summed E-state index contributed by atoms with van der Waals surface area (Å²) in [6, 6.07) is 5.10. The van der Waals surface area contributed by atoms with Gasteiger partial charge < -0.3 is 4.74 Å². The van der Waals surface area contributed by atoms with Gasteiger partial charge in [-0.3, -0.25) is 5.32 Å². The Bertz CT molecular complexity index is 560. The molecule has 1 amide bonds. The summed E-state index contributed by atoms with van der Waals surface area (Å²) in [6.45, 7) is 0. The van der Waals surface area contributed by atoms with Crippen molar-refractivity contribution in [2.45, 2.75) is 4.90 Å². The van der Waals surface area contributed by atoms with Gasteiger partial charge in [0, 0.05) is 15.1 Å². The van der Waals surface area contributed by atoms with Crippen LogP contribution in [0.1, 0.15) is 0 Å². The van der Waals surface area contributed by atoms with Crippen molar-refractivity contribution in [3.8, 4) is 0 Å². The van der Waals surface area contributed by atoms with Crippen LogP contribution in [0.4, 0.5) is 10.5 Å².